The zero-order valence-electron chi connectivity index (χ0n) is 10.7. The molecule has 0 aromatic carbocycles. The number of nitrogens with one attached hydrogen (secondary N) is 1. The van der Waals surface area contributed by atoms with Crippen LogP contribution < -0.4 is 21.3 Å². The molecule has 2 aromatic heterocycles. The molecular weight excluding hydrogens is 246 g/mol. The number of anilines is 1. The fourth-order valence-electron chi connectivity index (χ4n) is 1.90. The van der Waals surface area contributed by atoms with Crippen LogP contribution in [0, 0.1) is 0 Å². The number of carbonyl (C=O) groups excluding carboxylic acids is 1. The Hall–Kier alpha value is -2.54. The molecule has 0 aliphatic heterocycles. The van der Waals surface area contributed by atoms with Gasteiger partial charge in [-0.3, -0.25) is 9.80 Å². The molecule has 100 valence electrons. The molecular formula is C12H15N5O2. The molecule has 0 radical (unpaired) electrons. The predicted octanol–water partition coefficient (Wildman–Crippen LogP) is 0.884. The number of pyridine rings is 1. The van der Waals surface area contributed by atoms with Gasteiger partial charge in [0.05, 0.1) is 24.2 Å². The quantitative estimate of drug-likeness (QED) is 0.428. The summed E-state index contributed by atoms with van der Waals surface area (Å²) in [5.74, 6) is 6.70. The fraction of sp³-hybridized carbons (Fsp3) is 0.167. The minimum absolute atomic E-state index is 0.0698. The van der Waals surface area contributed by atoms with Crippen LogP contribution in [0.5, 0.6) is 5.75 Å². The second-order valence-corrected chi connectivity index (χ2v) is 3.91. The molecule has 0 spiro atoms. The molecule has 0 atom stereocenters. The van der Waals surface area contributed by atoms with E-state index in [1.54, 1.807) is 6.20 Å². The summed E-state index contributed by atoms with van der Waals surface area (Å²) in [6.07, 6.45) is 5.89. The van der Waals surface area contributed by atoms with Crippen molar-refractivity contribution in [1.82, 2.24) is 9.97 Å². The zero-order chi connectivity index (χ0) is 14.0. The maximum absolute atomic E-state index is 11.6. The van der Waals surface area contributed by atoms with E-state index >= 15 is 0 Å². The summed E-state index contributed by atoms with van der Waals surface area (Å²) < 4.78 is 5.23. The summed E-state index contributed by atoms with van der Waals surface area (Å²) in [5.41, 5.74) is 6.45. The molecule has 7 heteroatoms. The van der Waals surface area contributed by atoms with Gasteiger partial charge < -0.3 is 15.5 Å². The van der Waals surface area contributed by atoms with E-state index in [1.807, 2.05) is 0 Å². The molecule has 19 heavy (non-hydrogen) atoms. The Morgan fingerprint density at radius 3 is 2.89 bits per heavy atom. The average Bonchev–Trinajstić information content (AvgIpc) is 2.82. The molecule has 2 aromatic rings. The van der Waals surface area contributed by atoms with E-state index in [-0.39, 0.29) is 5.78 Å². The predicted molar refractivity (Wildman–Crippen MR) is 72.6 cm³/mol. The zero-order valence-corrected chi connectivity index (χ0v) is 10.7. The summed E-state index contributed by atoms with van der Waals surface area (Å²) in [6.45, 7) is 1.49. The van der Waals surface area contributed by atoms with Gasteiger partial charge in [0, 0.05) is 24.2 Å². The van der Waals surface area contributed by atoms with E-state index in [9.17, 15) is 4.79 Å². The van der Waals surface area contributed by atoms with Crippen molar-refractivity contribution in [2.45, 2.75) is 6.92 Å². The van der Waals surface area contributed by atoms with Crippen molar-refractivity contribution in [1.29, 1.82) is 0 Å². The number of Topliss-reactive ketones (excluding diaryl/α,β-unsaturated/α-hetero) is 1. The molecule has 7 nitrogen and oxygen atoms in total. The molecule has 2 rings (SSSR count). The maximum atomic E-state index is 11.6. The van der Waals surface area contributed by atoms with Gasteiger partial charge in [0.15, 0.2) is 11.6 Å². The first-order valence-corrected chi connectivity index (χ1v) is 5.57. The number of hydrogen-bond acceptors (Lipinski definition) is 6. The first kappa shape index (κ1) is 12.9. The highest BCUT2D eigenvalue weighted by atomic mass is 16.5. The number of H-pyrrole nitrogens is 1. The second kappa shape index (κ2) is 4.99. The second-order valence-electron chi connectivity index (χ2n) is 3.91. The van der Waals surface area contributed by atoms with Crippen molar-refractivity contribution < 1.29 is 9.53 Å². The fourth-order valence-corrected chi connectivity index (χ4v) is 1.90. The number of ether oxygens (including phenoxy) is 1. The largest absolute Gasteiger partial charge is 0.494 e. The van der Waals surface area contributed by atoms with Crippen molar-refractivity contribution in [3.05, 3.63) is 30.4 Å². The Kier molecular flexibility index (Phi) is 3.39. The van der Waals surface area contributed by atoms with Gasteiger partial charge >= 0.3 is 0 Å². The Morgan fingerprint density at radius 2 is 2.32 bits per heavy atom. The lowest BCUT2D eigenvalue weighted by atomic mass is 10.1. The van der Waals surface area contributed by atoms with Crippen LogP contribution in [0.3, 0.4) is 0 Å². The number of rotatable bonds is 4. The molecule has 0 fully saturated rings. The Labute approximate surface area is 109 Å². The molecule has 0 amide bonds. The molecule has 5 N–H and O–H groups in total. The van der Waals surface area contributed by atoms with Gasteiger partial charge in [-0.15, -0.1) is 0 Å². The van der Waals surface area contributed by atoms with Gasteiger partial charge in [-0.25, -0.2) is 10.8 Å². The van der Waals surface area contributed by atoms with Gasteiger partial charge in [-0.1, -0.05) is 0 Å². The highest BCUT2D eigenvalue weighted by Crippen LogP contribution is 2.33. The minimum Gasteiger partial charge on any atom is -0.494 e. The maximum Gasteiger partial charge on any atom is 0.171 e. The number of hydrogen-bond donors (Lipinski definition) is 3. The molecule has 0 aliphatic rings. The number of nitrogens with two attached hydrogens (primary N) is 2. The molecule has 0 saturated carbocycles. The van der Waals surface area contributed by atoms with Crippen LogP contribution in [-0.4, -0.2) is 22.9 Å². The van der Waals surface area contributed by atoms with Gasteiger partial charge in [0.25, 0.3) is 0 Å². The van der Waals surface area contributed by atoms with E-state index in [2.05, 4.69) is 9.97 Å². The number of carbonyl (C=O) groups is 1. The van der Waals surface area contributed by atoms with Crippen LogP contribution in [0.2, 0.25) is 0 Å². The highest BCUT2D eigenvalue weighted by molar-refractivity contribution is 6.11. The normalized spacial score (nSPS) is 11.1. The third-order valence-corrected chi connectivity index (χ3v) is 2.74. The van der Waals surface area contributed by atoms with E-state index in [1.165, 1.54) is 37.6 Å². The number of methoxy groups -OCH3 is 1. The summed E-state index contributed by atoms with van der Waals surface area (Å²) in [5, 5.41) is 1.92. The monoisotopic (exact) mass is 261 g/mol. The van der Waals surface area contributed by atoms with Crippen LogP contribution >= 0.6 is 0 Å². The Morgan fingerprint density at radius 1 is 1.58 bits per heavy atom. The topological polar surface area (TPSA) is 110 Å². The smallest absolute Gasteiger partial charge is 0.171 e. The summed E-state index contributed by atoms with van der Waals surface area (Å²) in [4.78, 5) is 18.8. The summed E-state index contributed by atoms with van der Waals surface area (Å²) >= 11 is 0. The number of hydrazine groups is 1. The Bertz CT molecular complexity index is 647. The molecule has 0 aliphatic carbocycles. The summed E-state index contributed by atoms with van der Waals surface area (Å²) in [7, 11) is 1.52. The van der Waals surface area contributed by atoms with Crippen LogP contribution in [0.4, 0.5) is 5.82 Å². The summed E-state index contributed by atoms with van der Waals surface area (Å²) in [6, 6.07) is 0. The van der Waals surface area contributed by atoms with Gasteiger partial charge in [-0.05, 0) is 6.92 Å². The highest BCUT2D eigenvalue weighted by Gasteiger charge is 2.18. The van der Waals surface area contributed by atoms with Crippen LogP contribution in [-0.2, 0) is 0 Å². The average molecular weight is 261 g/mol. The van der Waals surface area contributed by atoms with Crippen LogP contribution in [0.25, 0.3) is 10.9 Å². The van der Waals surface area contributed by atoms with E-state index in [0.29, 0.717) is 28.0 Å². The molecule has 2 heterocycles. The molecule has 0 saturated heterocycles. The lowest BCUT2D eigenvalue weighted by Gasteiger charge is -2.14. The SMILES string of the molecule is COc1cnc(N(N)/C=C\N)c2[nH]cc(C(C)=O)c12. The van der Waals surface area contributed by atoms with Crippen molar-refractivity contribution in [2.75, 3.05) is 12.1 Å². The first-order valence-electron chi connectivity index (χ1n) is 5.57. The lowest BCUT2D eigenvalue weighted by Crippen LogP contribution is -2.25. The molecule has 0 unspecified atom stereocenters. The number of fused-ring (bicyclic) bond motifs is 1. The van der Waals surface area contributed by atoms with Gasteiger partial charge in [-0.2, -0.15) is 0 Å². The van der Waals surface area contributed by atoms with Crippen molar-refractivity contribution >= 4 is 22.5 Å². The standard InChI is InChI=1S/C12H15N5O2/c1-7(18)8-5-15-11-10(8)9(19-2)6-16-12(11)17(14)4-3-13/h3-6,15H,13-14H2,1-2H3/b4-3-. The van der Waals surface area contributed by atoms with Crippen LogP contribution in [0.15, 0.2) is 24.8 Å². The first-order chi connectivity index (χ1) is 9.10. The third kappa shape index (κ3) is 2.11. The van der Waals surface area contributed by atoms with Crippen molar-refractivity contribution in [3.8, 4) is 5.75 Å². The van der Waals surface area contributed by atoms with Gasteiger partial charge in [0.2, 0.25) is 0 Å². The number of aromatic nitrogens is 2. The molecule has 0 bridgehead atoms. The van der Waals surface area contributed by atoms with Crippen molar-refractivity contribution in [3.63, 3.8) is 0 Å². The minimum atomic E-state index is -0.0698. The van der Waals surface area contributed by atoms with E-state index in [0.717, 1.165) is 0 Å². The number of aromatic amines is 1. The van der Waals surface area contributed by atoms with E-state index in [4.69, 9.17) is 16.3 Å². The third-order valence-electron chi connectivity index (χ3n) is 2.74. The Balaban J connectivity index is 2.74. The van der Waals surface area contributed by atoms with Gasteiger partial charge in [0.1, 0.15) is 5.75 Å². The number of ketones is 1. The van der Waals surface area contributed by atoms with Crippen LogP contribution in [0.1, 0.15) is 17.3 Å². The number of nitrogens with zero attached hydrogens (tertiary/aromatic N) is 2. The van der Waals surface area contributed by atoms with E-state index < -0.39 is 0 Å². The van der Waals surface area contributed by atoms with Crippen molar-refractivity contribution in [2.24, 2.45) is 11.6 Å². The lowest BCUT2D eigenvalue weighted by molar-refractivity contribution is 0.101.